The van der Waals surface area contributed by atoms with E-state index >= 15 is 0 Å². The van der Waals surface area contributed by atoms with Crippen molar-refractivity contribution in [1.29, 1.82) is 0 Å². The second kappa shape index (κ2) is 6.07. The predicted molar refractivity (Wildman–Crippen MR) is 79.7 cm³/mol. The van der Waals surface area contributed by atoms with Crippen molar-refractivity contribution in [3.05, 3.63) is 47.1 Å². The number of nitrogens with one attached hydrogen (secondary N) is 3. The molecule has 0 aliphatic heterocycles. The molecule has 0 saturated heterocycles. The Balaban J connectivity index is 1.51. The van der Waals surface area contributed by atoms with Crippen LogP contribution in [-0.2, 0) is 13.0 Å². The third-order valence-electron chi connectivity index (χ3n) is 3.25. The summed E-state index contributed by atoms with van der Waals surface area (Å²) in [7, 11) is 0. The Morgan fingerprint density at radius 3 is 2.95 bits per heavy atom. The van der Waals surface area contributed by atoms with Gasteiger partial charge in [-0.2, -0.15) is 5.10 Å². The lowest BCUT2D eigenvalue weighted by Crippen LogP contribution is -2.16. The molecule has 0 aliphatic carbocycles. The Morgan fingerprint density at radius 2 is 2.15 bits per heavy atom. The van der Waals surface area contributed by atoms with Gasteiger partial charge in [-0.25, -0.2) is 4.98 Å². The third kappa shape index (κ3) is 2.84. The largest absolute Gasteiger partial charge is 0.356 e. The zero-order chi connectivity index (χ0) is 13.8. The minimum absolute atomic E-state index is 0.740. The molecule has 1 aromatic carbocycles. The van der Waals surface area contributed by atoms with Gasteiger partial charge in [-0.1, -0.05) is 29.8 Å². The topological polar surface area (TPSA) is 69.4 Å². The van der Waals surface area contributed by atoms with Crippen LogP contribution in [0.5, 0.6) is 0 Å². The fraction of sp³-hybridized carbons (Fsp3) is 0.286. The first-order valence-electron chi connectivity index (χ1n) is 6.64. The number of aryl methyl sites for hydroxylation is 1. The highest BCUT2D eigenvalue weighted by Crippen LogP contribution is 2.26. The van der Waals surface area contributed by atoms with E-state index in [2.05, 4.69) is 25.5 Å². The zero-order valence-electron chi connectivity index (χ0n) is 11.0. The van der Waals surface area contributed by atoms with Crippen molar-refractivity contribution in [2.45, 2.75) is 19.4 Å². The van der Waals surface area contributed by atoms with Gasteiger partial charge in [0.2, 0.25) is 0 Å². The molecule has 2 aromatic heterocycles. The number of nitrogens with zero attached hydrogens (tertiary/aromatic N) is 2. The van der Waals surface area contributed by atoms with Crippen LogP contribution in [0.3, 0.4) is 0 Å². The van der Waals surface area contributed by atoms with E-state index in [-0.39, 0.29) is 0 Å². The molecular weight excluding hydrogens is 274 g/mol. The van der Waals surface area contributed by atoms with E-state index in [1.54, 1.807) is 0 Å². The van der Waals surface area contributed by atoms with Crippen LogP contribution in [0.2, 0.25) is 5.02 Å². The summed E-state index contributed by atoms with van der Waals surface area (Å²) in [4.78, 5) is 7.44. The molecule has 104 valence electrons. The van der Waals surface area contributed by atoms with Gasteiger partial charge in [0.1, 0.15) is 12.2 Å². The summed E-state index contributed by atoms with van der Waals surface area (Å²) < 4.78 is 0. The van der Waals surface area contributed by atoms with Crippen LogP contribution in [-0.4, -0.2) is 26.7 Å². The monoisotopic (exact) mass is 289 g/mol. The quantitative estimate of drug-likeness (QED) is 0.611. The number of fused-ring (bicyclic) bond motifs is 1. The summed E-state index contributed by atoms with van der Waals surface area (Å²) >= 11 is 6.36. The Hall–Kier alpha value is -1.85. The highest BCUT2D eigenvalue weighted by Gasteiger charge is 2.07. The Morgan fingerprint density at radius 1 is 1.25 bits per heavy atom. The normalized spacial score (nSPS) is 11.2. The van der Waals surface area contributed by atoms with Crippen molar-refractivity contribution in [1.82, 2.24) is 25.5 Å². The fourth-order valence-corrected chi connectivity index (χ4v) is 2.51. The van der Waals surface area contributed by atoms with E-state index < -0.39 is 0 Å². The van der Waals surface area contributed by atoms with Gasteiger partial charge in [0, 0.05) is 29.6 Å². The van der Waals surface area contributed by atoms with Gasteiger partial charge in [0.15, 0.2) is 0 Å². The molecule has 3 aromatic rings. The predicted octanol–water partition coefficient (Wildman–Crippen LogP) is 2.66. The third-order valence-corrected chi connectivity index (χ3v) is 3.68. The molecule has 0 unspecified atom stereocenters. The highest BCUT2D eigenvalue weighted by molar-refractivity contribution is 6.36. The van der Waals surface area contributed by atoms with Crippen LogP contribution in [0.15, 0.2) is 30.6 Å². The maximum absolute atomic E-state index is 6.36. The molecule has 0 saturated carbocycles. The maximum atomic E-state index is 6.36. The summed E-state index contributed by atoms with van der Waals surface area (Å²) in [6.07, 6.45) is 3.44. The molecule has 0 spiro atoms. The minimum atomic E-state index is 0.740. The number of para-hydroxylation sites is 1. The second-order valence-electron chi connectivity index (χ2n) is 4.68. The molecule has 0 atom stereocenters. The first-order chi connectivity index (χ1) is 9.84. The van der Waals surface area contributed by atoms with Crippen molar-refractivity contribution in [3.8, 4) is 0 Å². The molecule has 2 heterocycles. The van der Waals surface area contributed by atoms with Gasteiger partial charge in [0.05, 0.1) is 5.02 Å². The molecule has 0 bridgehead atoms. The lowest BCUT2D eigenvalue weighted by atomic mass is 10.2. The molecule has 20 heavy (non-hydrogen) atoms. The van der Waals surface area contributed by atoms with E-state index in [0.717, 1.165) is 53.4 Å². The van der Waals surface area contributed by atoms with Gasteiger partial charge in [-0.15, -0.1) is 0 Å². The molecule has 6 heteroatoms. The minimum Gasteiger partial charge on any atom is -0.356 e. The number of hydrogen-bond acceptors (Lipinski definition) is 3. The van der Waals surface area contributed by atoms with E-state index in [1.807, 2.05) is 24.3 Å². The van der Waals surface area contributed by atoms with Gasteiger partial charge < -0.3 is 10.3 Å². The van der Waals surface area contributed by atoms with E-state index in [9.17, 15) is 0 Å². The lowest BCUT2D eigenvalue weighted by Gasteiger charge is -2.02. The second-order valence-corrected chi connectivity index (χ2v) is 5.05. The first-order valence-corrected chi connectivity index (χ1v) is 7.02. The molecule has 0 aliphatic rings. The van der Waals surface area contributed by atoms with E-state index in [0.29, 0.717) is 0 Å². The fourth-order valence-electron chi connectivity index (χ4n) is 2.23. The molecule has 5 nitrogen and oxygen atoms in total. The van der Waals surface area contributed by atoms with Crippen LogP contribution >= 0.6 is 11.6 Å². The molecule has 0 fully saturated rings. The molecule has 3 rings (SSSR count). The molecular formula is C14H16ClN5. The van der Waals surface area contributed by atoms with Gasteiger partial charge in [-0.05, 0) is 19.0 Å². The number of benzene rings is 1. The Bertz CT molecular complexity index is 674. The number of H-pyrrole nitrogens is 2. The summed E-state index contributed by atoms with van der Waals surface area (Å²) in [5.74, 6) is 0.926. The van der Waals surface area contributed by atoms with E-state index in [4.69, 9.17) is 11.6 Å². The summed E-state index contributed by atoms with van der Waals surface area (Å²) in [6.45, 7) is 1.65. The first kappa shape index (κ1) is 13.1. The van der Waals surface area contributed by atoms with Gasteiger partial charge >= 0.3 is 0 Å². The van der Waals surface area contributed by atoms with Gasteiger partial charge in [0.25, 0.3) is 0 Å². The molecule has 0 radical (unpaired) electrons. The molecule has 0 amide bonds. The van der Waals surface area contributed by atoms with Crippen LogP contribution in [0.1, 0.15) is 17.9 Å². The average Bonchev–Trinajstić information content (AvgIpc) is 3.08. The van der Waals surface area contributed by atoms with Crippen LogP contribution in [0, 0.1) is 0 Å². The van der Waals surface area contributed by atoms with Crippen LogP contribution in [0.4, 0.5) is 0 Å². The Labute approximate surface area is 121 Å². The number of rotatable bonds is 6. The number of aromatic amines is 2. The highest BCUT2D eigenvalue weighted by atomic mass is 35.5. The standard InChI is InChI=1S/C14H16ClN5/c15-14-10-4-1-2-5-11(10)19-12(14)8-16-7-3-6-13-17-9-18-20-13/h1-2,4-5,9,16,19H,3,6-8H2,(H,17,18,20). The van der Waals surface area contributed by atoms with Crippen LogP contribution in [0.25, 0.3) is 10.9 Å². The summed E-state index contributed by atoms with van der Waals surface area (Å²) in [5, 5.41) is 12.0. The van der Waals surface area contributed by atoms with Gasteiger partial charge in [-0.3, -0.25) is 5.10 Å². The summed E-state index contributed by atoms with van der Waals surface area (Å²) in [5.41, 5.74) is 2.11. The smallest absolute Gasteiger partial charge is 0.137 e. The number of aromatic nitrogens is 4. The zero-order valence-corrected chi connectivity index (χ0v) is 11.7. The van der Waals surface area contributed by atoms with Crippen molar-refractivity contribution in [2.75, 3.05) is 6.54 Å². The van der Waals surface area contributed by atoms with Crippen LogP contribution < -0.4 is 5.32 Å². The average molecular weight is 290 g/mol. The number of hydrogen-bond donors (Lipinski definition) is 3. The van der Waals surface area contributed by atoms with E-state index in [1.165, 1.54) is 6.33 Å². The maximum Gasteiger partial charge on any atom is 0.137 e. The van der Waals surface area contributed by atoms with Crippen molar-refractivity contribution in [2.24, 2.45) is 0 Å². The van der Waals surface area contributed by atoms with Crippen molar-refractivity contribution >= 4 is 22.5 Å². The lowest BCUT2D eigenvalue weighted by molar-refractivity contribution is 0.634. The molecule has 3 N–H and O–H groups in total. The SMILES string of the molecule is Clc1c(CNCCCc2ncn[nH]2)[nH]c2ccccc12. The summed E-state index contributed by atoms with van der Waals surface area (Å²) in [6, 6.07) is 8.07. The Kier molecular flexibility index (Phi) is 3.99. The van der Waals surface area contributed by atoms with Crippen molar-refractivity contribution < 1.29 is 0 Å². The number of halogens is 1. The van der Waals surface area contributed by atoms with Crippen molar-refractivity contribution in [3.63, 3.8) is 0 Å².